The smallest absolute Gasteiger partial charge is 0.215 e. The molecular formula is C12H12BrF7O3S2. The van der Waals surface area contributed by atoms with Gasteiger partial charge in [-0.2, -0.15) is 39.2 Å². The summed E-state index contributed by atoms with van der Waals surface area (Å²) in [6.45, 7) is 0. The van der Waals surface area contributed by atoms with E-state index in [0.29, 0.717) is 10.0 Å². The van der Waals surface area contributed by atoms with Gasteiger partial charge in [0.15, 0.2) is 0 Å². The number of alkyl halides is 7. The summed E-state index contributed by atoms with van der Waals surface area (Å²) in [5, 5.41) is -6.47. The van der Waals surface area contributed by atoms with Gasteiger partial charge >= 0.3 is 27.5 Å². The third-order valence-electron chi connectivity index (χ3n) is 2.74. The molecule has 0 fully saturated rings. The molecule has 0 aliphatic heterocycles. The van der Waals surface area contributed by atoms with Gasteiger partial charge in [-0.1, -0.05) is 28.1 Å². The highest BCUT2D eigenvalue weighted by atomic mass is 79.9. The first kappa shape index (κ1) is 22.5. The van der Waals surface area contributed by atoms with Gasteiger partial charge in [-0.25, -0.2) is 3.63 Å². The number of hydrogen-bond donors (Lipinski definition) is 0. The lowest BCUT2D eigenvalue weighted by Gasteiger charge is -2.34. The van der Waals surface area contributed by atoms with Crippen molar-refractivity contribution in [3.05, 3.63) is 34.3 Å². The van der Waals surface area contributed by atoms with Crippen molar-refractivity contribution in [3.8, 4) is 0 Å². The number of hydrogen-bond acceptors (Lipinski definition) is 3. The molecule has 0 N–H and O–H groups in total. The van der Waals surface area contributed by atoms with Crippen molar-refractivity contribution in [2.75, 3.05) is 12.5 Å². The minimum absolute atomic E-state index is 0.257. The maximum atomic E-state index is 13.4. The topological polar surface area (TPSA) is 43.4 Å². The van der Waals surface area contributed by atoms with E-state index in [0.717, 1.165) is 12.5 Å². The summed E-state index contributed by atoms with van der Waals surface area (Å²) in [6, 6.07) is 6.06. The van der Waals surface area contributed by atoms with Gasteiger partial charge in [0.1, 0.15) is 0 Å². The molecule has 0 saturated carbocycles. The highest BCUT2D eigenvalue weighted by Gasteiger charge is 2.79. The second-order valence-corrected chi connectivity index (χ2v) is 11.4. The van der Waals surface area contributed by atoms with E-state index in [9.17, 15) is 39.2 Å². The highest BCUT2D eigenvalue weighted by molar-refractivity contribution is 9.10. The van der Waals surface area contributed by atoms with Gasteiger partial charge in [0.2, 0.25) is 0 Å². The first-order valence-electron chi connectivity index (χ1n) is 6.16. The first-order valence-corrected chi connectivity index (χ1v) is 10.9. The Bertz CT molecular complexity index is 715. The highest BCUT2D eigenvalue weighted by Crippen LogP contribution is 2.54. The van der Waals surface area contributed by atoms with Gasteiger partial charge in [0, 0.05) is 10.2 Å². The van der Waals surface area contributed by atoms with Crippen LogP contribution >= 0.6 is 26.2 Å². The second-order valence-electron chi connectivity index (χ2n) is 5.32. The number of halogens is 8. The molecule has 0 aromatic heterocycles. The Kier molecular flexibility index (Phi) is 6.20. The molecular weight excluding hydrogens is 469 g/mol. The Morgan fingerprint density at radius 2 is 1.40 bits per heavy atom. The van der Waals surface area contributed by atoms with E-state index in [1.54, 1.807) is 12.1 Å². The van der Waals surface area contributed by atoms with E-state index in [2.05, 4.69) is 19.6 Å². The van der Waals surface area contributed by atoms with Gasteiger partial charge in [0.05, 0.1) is 0 Å². The van der Waals surface area contributed by atoms with Gasteiger partial charge in [-0.05, 0) is 30.2 Å². The summed E-state index contributed by atoms with van der Waals surface area (Å²) in [6.07, 6.45) is -4.67. The van der Waals surface area contributed by atoms with Gasteiger partial charge < -0.3 is 0 Å². The second kappa shape index (κ2) is 6.89. The van der Waals surface area contributed by atoms with Crippen LogP contribution in [0.3, 0.4) is 0 Å². The molecule has 0 bridgehead atoms. The molecule has 1 aromatic carbocycles. The van der Waals surface area contributed by atoms with Crippen LogP contribution in [0.1, 0.15) is 5.56 Å². The minimum Gasteiger partial charge on any atom is -0.215 e. The zero-order chi connectivity index (χ0) is 19.9. The Morgan fingerprint density at radius 3 is 1.80 bits per heavy atom. The monoisotopic (exact) mass is 480 g/mol. The lowest BCUT2D eigenvalue weighted by Crippen LogP contribution is -2.56. The number of benzene rings is 1. The average Bonchev–Trinajstić information content (AvgIpc) is 2.38. The molecule has 1 rings (SSSR count). The predicted octanol–water partition coefficient (Wildman–Crippen LogP) is 5.07. The van der Waals surface area contributed by atoms with Crippen LogP contribution in [0.2, 0.25) is 0 Å². The summed E-state index contributed by atoms with van der Waals surface area (Å²) in [4.78, 5) is 0. The maximum absolute atomic E-state index is 13.4. The first-order chi connectivity index (χ1) is 10.9. The molecule has 25 heavy (non-hydrogen) atoms. The Balaban J connectivity index is 3.11. The standard InChI is InChI=1S/C12H12BrF7O3S2/c1-24(2,7-8-3-5-9(13)6-4-8)23-25(21,22)12(19,20)10(14,15)11(16,17)18/h3-6H,7H2,1-2H3. The quantitative estimate of drug-likeness (QED) is 0.534. The minimum atomic E-state index is -6.80. The summed E-state index contributed by atoms with van der Waals surface area (Å²) in [5.41, 5.74) is 0.421. The van der Waals surface area contributed by atoms with Crippen LogP contribution in [0.25, 0.3) is 0 Å². The third-order valence-corrected chi connectivity index (χ3v) is 7.37. The van der Waals surface area contributed by atoms with Crippen LogP contribution in [-0.2, 0) is 19.5 Å². The summed E-state index contributed by atoms with van der Waals surface area (Å²) < 4.78 is 117. The summed E-state index contributed by atoms with van der Waals surface area (Å²) in [7, 11) is -9.54. The number of rotatable bonds is 6. The molecule has 0 heterocycles. The van der Waals surface area contributed by atoms with Crippen LogP contribution in [0.15, 0.2) is 28.7 Å². The van der Waals surface area contributed by atoms with Crippen molar-refractivity contribution in [2.45, 2.75) is 23.1 Å². The molecule has 0 amide bonds. The predicted molar refractivity (Wildman–Crippen MR) is 83.2 cm³/mol. The van der Waals surface area contributed by atoms with E-state index >= 15 is 0 Å². The van der Waals surface area contributed by atoms with Crippen LogP contribution in [0.5, 0.6) is 0 Å². The van der Waals surface area contributed by atoms with Crippen LogP contribution < -0.4 is 0 Å². The fourth-order valence-electron chi connectivity index (χ4n) is 1.61. The third kappa shape index (κ3) is 4.80. The molecule has 13 heteroatoms. The van der Waals surface area contributed by atoms with Crippen molar-refractivity contribution >= 4 is 36.4 Å². The largest absolute Gasteiger partial charge is 0.461 e. The van der Waals surface area contributed by atoms with Crippen molar-refractivity contribution in [3.63, 3.8) is 0 Å². The fourth-order valence-corrected chi connectivity index (χ4v) is 5.78. The SMILES string of the molecule is CS(C)(Cc1ccc(Br)cc1)OS(=O)(=O)C(F)(F)C(F)(F)C(F)(F)F. The zero-order valence-corrected chi connectivity index (χ0v) is 15.8. The van der Waals surface area contributed by atoms with Gasteiger partial charge in [-0.15, -0.1) is 10.3 Å². The zero-order valence-electron chi connectivity index (χ0n) is 12.6. The Hall–Kier alpha value is -0.530. The maximum Gasteiger partial charge on any atom is 0.461 e. The molecule has 0 aliphatic rings. The van der Waals surface area contributed by atoms with Crippen molar-refractivity contribution < 1.29 is 42.8 Å². The van der Waals surface area contributed by atoms with E-state index in [1.165, 1.54) is 12.1 Å². The summed E-state index contributed by atoms with van der Waals surface area (Å²) in [5.74, 6) is -7.06. The molecule has 1 aromatic rings. The van der Waals surface area contributed by atoms with Crippen LogP contribution in [0, 0.1) is 0 Å². The Labute approximate surface area is 149 Å². The van der Waals surface area contributed by atoms with Gasteiger partial charge in [-0.3, -0.25) is 0 Å². The Morgan fingerprint density at radius 1 is 0.960 bits per heavy atom. The molecule has 0 unspecified atom stereocenters. The molecule has 0 spiro atoms. The molecule has 146 valence electrons. The van der Waals surface area contributed by atoms with E-state index < -0.39 is 37.8 Å². The average molecular weight is 481 g/mol. The summed E-state index contributed by atoms with van der Waals surface area (Å²) >= 11 is 3.13. The van der Waals surface area contributed by atoms with Gasteiger partial charge in [0.25, 0.3) is 0 Å². The fraction of sp³-hybridized carbons (Fsp3) is 0.500. The normalized spacial score (nSPS) is 15.3. The van der Waals surface area contributed by atoms with Crippen LogP contribution in [0.4, 0.5) is 30.7 Å². The molecule has 0 aliphatic carbocycles. The molecule has 0 radical (unpaired) electrons. The van der Waals surface area contributed by atoms with E-state index in [-0.39, 0.29) is 5.75 Å². The van der Waals surface area contributed by atoms with Crippen molar-refractivity contribution in [1.82, 2.24) is 0 Å². The molecule has 0 atom stereocenters. The van der Waals surface area contributed by atoms with Crippen molar-refractivity contribution in [2.24, 2.45) is 0 Å². The van der Waals surface area contributed by atoms with Crippen LogP contribution in [-0.4, -0.2) is 38.3 Å². The van der Waals surface area contributed by atoms with E-state index in [4.69, 9.17) is 0 Å². The lowest BCUT2D eigenvalue weighted by molar-refractivity contribution is -0.333. The van der Waals surface area contributed by atoms with E-state index in [1.807, 2.05) is 0 Å². The molecule has 3 nitrogen and oxygen atoms in total. The lowest BCUT2D eigenvalue weighted by atomic mass is 10.2. The van der Waals surface area contributed by atoms with Crippen molar-refractivity contribution in [1.29, 1.82) is 0 Å². The molecule has 0 saturated heterocycles.